The zero-order chi connectivity index (χ0) is 23.9. The van der Waals surface area contributed by atoms with E-state index in [9.17, 15) is 18.0 Å². The number of alkyl halides is 3. The van der Waals surface area contributed by atoms with Gasteiger partial charge in [0.25, 0.3) is 5.91 Å². The standard InChI is InChI=1S/C22H21F3N6O3/c1-30-5-8-34-19-13(3-2-4-15(19)22(23,24)25)10-27-20-14-9-17(31-6-7-33-12-18(31)32)26-11-16(14)28-21(30)29-20/h2-4,9,11H,5-8,10,12H2,1H3,(H,27,28,29). The maximum absolute atomic E-state index is 13.6. The number of morpholine rings is 1. The lowest BCUT2D eigenvalue weighted by Gasteiger charge is -2.26. The number of nitrogens with one attached hydrogen (secondary N) is 1. The summed E-state index contributed by atoms with van der Waals surface area (Å²) in [6.07, 6.45) is -2.99. The Morgan fingerprint density at radius 1 is 1.15 bits per heavy atom. The van der Waals surface area contributed by atoms with Crippen molar-refractivity contribution in [2.45, 2.75) is 12.7 Å². The van der Waals surface area contributed by atoms with E-state index in [1.54, 1.807) is 30.3 Å². The number of halogens is 3. The highest BCUT2D eigenvalue weighted by Gasteiger charge is 2.35. The van der Waals surface area contributed by atoms with Gasteiger partial charge in [0.2, 0.25) is 5.95 Å². The number of pyridine rings is 1. The smallest absolute Gasteiger partial charge is 0.419 e. The number of hydrogen-bond acceptors (Lipinski definition) is 8. The van der Waals surface area contributed by atoms with Crippen LogP contribution in [0.4, 0.5) is 30.8 Å². The van der Waals surface area contributed by atoms with E-state index in [4.69, 9.17) is 9.47 Å². The van der Waals surface area contributed by atoms with Gasteiger partial charge in [-0.1, -0.05) is 12.1 Å². The number of hydrogen-bond donors (Lipinski definition) is 1. The van der Waals surface area contributed by atoms with Crippen molar-refractivity contribution in [1.82, 2.24) is 15.0 Å². The number of carbonyl (C=O) groups is 1. The van der Waals surface area contributed by atoms with E-state index in [-0.39, 0.29) is 38.0 Å². The number of likely N-dealkylation sites (N-methyl/N-ethyl adjacent to an activating group) is 1. The quantitative estimate of drug-likeness (QED) is 0.576. The predicted molar refractivity (Wildman–Crippen MR) is 118 cm³/mol. The van der Waals surface area contributed by atoms with Crippen molar-refractivity contribution >= 4 is 34.4 Å². The van der Waals surface area contributed by atoms with Crippen molar-refractivity contribution in [3.63, 3.8) is 0 Å². The Balaban J connectivity index is 1.58. The largest absolute Gasteiger partial charge is 0.491 e. The molecule has 12 heteroatoms. The Kier molecular flexibility index (Phi) is 5.60. The second-order valence-corrected chi connectivity index (χ2v) is 7.94. The Bertz CT molecular complexity index is 1250. The molecular formula is C22H21F3N6O3. The molecule has 0 spiro atoms. The molecule has 2 aliphatic rings. The highest BCUT2D eigenvalue weighted by Crippen LogP contribution is 2.39. The highest BCUT2D eigenvalue weighted by atomic mass is 19.4. The van der Waals surface area contributed by atoms with E-state index in [1.165, 1.54) is 11.0 Å². The van der Waals surface area contributed by atoms with Crippen LogP contribution in [0.15, 0.2) is 30.5 Å². The lowest BCUT2D eigenvalue weighted by atomic mass is 10.1. The zero-order valence-corrected chi connectivity index (χ0v) is 18.2. The van der Waals surface area contributed by atoms with Crippen LogP contribution in [0.25, 0.3) is 10.9 Å². The van der Waals surface area contributed by atoms with Gasteiger partial charge in [0.1, 0.15) is 30.6 Å². The Labute approximate surface area is 192 Å². The molecule has 0 unspecified atom stereocenters. The van der Waals surface area contributed by atoms with Crippen LogP contribution >= 0.6 is 0 Å². The van der Waals surface area contributed by atoms with E-state index < -0.39 is 11.7 Å². The molecule has 3 aromatic rings. The van der Waals surface area contributed by atoms with Crippen LogP contribution < -0.4 is 19.9 Å². The lowest BCUT2D eigenvalue weighted by Crippen LogP contribution is -2.42. The van der Waals surface area contributed by atoms with Crippen molar-refractivity contribution in [3.8, 4) is 5.75 Å². The molecule has 0 atom stereocenters. The first-order valence-corrected chi connectivity index (χ1v) is 10.6. The normalized spacial score (nSPS) is 17.0. The SMILES string of the molecule is CN1CCOc2c(cccc2C(F)(F)F)CNc2nc1nc1cnc(N3CCOCC3=O)cc21. The van der Waals surface area contributed by atoms with E-state index in [1.807, 2.05) is 0 Å². The van der Waals surface area contributed by atoms with E-state index in [2.05, 4.69) is 20.3 Å². The fourth-order valence-corrected chi connectivity index (χ4v) is 3.90. The molecule has 1 amide bonds. The summed E-state index contributed by atoms with van der Waals surface area (Å²) in [6, 6.07) is 5.65. The zero-order valence-electron chi connectivity index (χ0n) is 18.2. The summed E-state index contributed by atoms with van der Waals surface area (Å²) >= 11 is 0. The molecule has 0 saturated carbocycles. The minimum Gasteiger partial charge on any atom is -0.491 e. The first-order chi connectivity index (χ1) is 16.3. The van der Waals surface area contributed by atoms with Crippen molar-refractivity contribution in [3.05, 3.63) is 41.6 Å². The summed E-state index contributed by atoms with van der Waals surface area (Å²) in [7, 11) is 1.73. The Morgan fingerprint density at radius 2 is 2.00 bits per heavy atom. The van der Waals surface area contributed by atoms with Crippen LogP contribution in [-0.4, -0.2) is 60.8 Å². The molecule has 1 fully saturated rings. The maximum atomic E-state index is 13.6. The molecule has 2 bridgehead atoms. The van der Waals surface area contributed by atoms with Gasteiger partial charge < -0.3 is 19.7 Å². The number of amides is 1. The molecule has 178 valence electrons. The van der Waals surface area contributed by atoms with Gasteiger partial charge in [0.05, 0.1) is 37.0 Å². The summed E-state index contributed by atoms with van der Waals surface area (Å²) < 4.78 is 51.6. The number of carbonyl (C=O) groups excluding carboxylic acids is 1. The fourth-order valence-electron chi connectivity index (χ4n) is 3.90. The number of para-hydroxylation sites is 1. The first-order valence-electron chi connectivity index (χ1n) is 10.6. The third kappa shape index (κ3) is 4.16. The maximum Gasteiger partial charge on any atom is 0.419 e. The van der Waals surface area contributed by atoms with Gasteiger partial charge >= 0.3 is 6.18 Å². The summed E-state index contributed by atoms with van der Waals surface area (Å²) in [4.78, 5) is 29.0. The summed E-state index contributed by atoms with van der Waals surface area (Å²) in [5.41, 5.74) is 0.0623. The monoisotopic (exact) mass is 474 g/mol. The molecule has 1 saturated heterocycles. The van der Waals surface area contributed by atoms with Gasteiger partial charge in [-0.2, -0.15) is 18.2 Å². The molecular weight excluding hydrogens is 453 g/mol. The van der Waals surface area contributed by atoms with Crippen LogP contribution in [0.2, 0.25) is 0 Å². The summed E-state index contributed by atoms with van der Waals surface area (Å²) in [5.74, 6) is 0.811. The van der Waals surface area contributed by atoms with Crippen LogP contribution in [0, 0.1) is 0 Å². The van der Waals surface area contributed by atoms with E-state index in [0.29, 0.717) is 47.2 Å². The Morgan fingerprint density at radius 3 is 2.79 bits per heavy atom. The summed E-state index contributed by atoms with van der Waals surface area (Å²) in [6.45, 7) is 1.07. The number of nitrogens with zero attached hydrogens (tertiary/aromatic N) is 5. The van der Waals surface area contributed by atoms with Gasteiger partial charge in [-0.15, -0.1) is 0 Å². The number of benzene rings is 1. The van der Waals surface area contributed by atoms with Crippen LogP contribution in [-0.2, 0) is 22.3 Å². The average Bonchev–Trinajstić information content (AvgIpc) is 2.83. The summed E-state index contributed by atoms with van der Waals surface area (Å²) in [5, 5.41) is 3.73. The predicted octanol–water partition coefficient (Wildman–Crippen LogP) is 2.85. The minimum absolute atomic E-state index is 0.0175. The molecule has 1 aromatic carbocycles. The number of anilines is 3. The van der Waals surface area contributed by atoms with Crippen LogP contribution in [0.1, 0.15) is 11.1 Å². The van der Waals surface area contributed by atoms with Gasteiger partial charge in [0.15, 0.2) is 0 Å². The van der Waals surface area contributed by atoms with Crippen molar-refractivity contribution in [1.29, 1.82) is 0 Å². The molecule has 2 aliphatic heterocycles. The van der Waals surface area contributed by atoms with Crippen LogP contribution in [0.3, 0.4) is 0 Å². The second kappa shape index (κ2) is 8.60. The van der Waals surface area contributed by atoms with Gasteiger partial charge in [-0.25, -0.2) is 9.97 Å². The second-order valence-electron chi connectivity index (χ2n) is 7.94. The minimum atomic E-state index is -4.55. The molecule has 0 aliphatic carbocycles. The molecule has 1 N–H and O–H groups in total. The van der Waals surface area contributed by atoms with Crippen molar-refractivity contribution < 1.29 is 27.4 Å². The molecule has 0 radical (unpaired) electrons. The number of fused-ring (bicyclic) bond motifs is 5. The molecule has 4 heterocycles. The van der Waals surface area contributed by atoms with Gasteiger partial charge in [0, 0.05) is 24.5 Å². The third-order valence-electron chi connectivity index (χ3n) is 5.68. The molecule has 9 nitrogen and oxygen atoms in total. The van der Waals surface area contributed by atoms with Gasteiger partial charge in [-0.3, -0.25) is 9.69 Å². The van der Waals surface area contributed by atoms with E-state index >= 15 is 0 Å². The molecule has 34 heavy (non-hydrogen) atoms. The number of aromatic nitrogens is 3. The highest BCUT2D eigenvalue weighted by molar-refractivity contribution is 5.97. The fraction of sp³-hybridized carbons (Fsp3) is 0.364. The van der Waals surface area contributed by atoms with Gasteiger partial charge in [-0.05, 0) is 12.1 Å². The first kappa shape index (κ1) is 22.1. The van der Waals surface area contributed by atoms with Crippen molar-refractivity contribution in [2.24, 2.45) is 0 Å². The third-order valence-corrected chi connectivity index (χ3v) is 5.68. The average molecular weight is 474 g/mol. The lowest BCUT2D eigenvalue weighted by molar-refractivity contribution is -0.139. The van der Waals surface area contributed by atoms with Crippen molar-refractivity contribution in [2.75, 3.05) is 55.1 Å². The topological polar surface area (TPSA) is 92.7 Å². The molecule has 2 aromatic heterocycles. The number of ether oxygens (including phenoxy) is 2. The molecule has 5 rings (SSSR count). The Hall–Kier alpha value is -3.67. The number of rotatable bonds is 1. The van der Waals surface area contributed by atoms with Crippen LogP contribution in [0.5, 0.6) is 5.75 Å². The van der Waals surface area contributed by atoms with E-state index in [0.717, 1.165) is 6.07 Å².